The fourth-order valence-corrected chi connectivity index (χ4v) is 3.75. The van der Waals surface area contributed by atoms with Gasteiger partial charge in [-0.25, -0.2) is 4.79 Å². The largest absolute Gasteiger partial charge is 0.493 e. The molecule has 0 aromatic heterocycles. The maximum atomic E-state index is 12.7. The standard InChI is InChI=1S/C19H15NO5S2/c1-24-15-9-12(7-8-14(15)25-11-17(21)22)10-16-18(23)20(19(26)27-16)13-5-3-2-4-6-13/h2-10H,11H2,1H3,(H,21,22). The number of hydrogen-bond acceptors (Lipinski definition) is 6. The molecule has 1 aliphatic rings. The molecule has 0 bridgehead atoms. The van der Waals surface area contributed by atoms with E-state index >= 15 is 0 Å². The van der Waals surface area contributed by atoms with Crippen LogP contribution in [0.5, 0.6) is 11.5 Å². The van der Waals surface area contributed by atoms with Gasteiger partial charge in [0.1, 0.15) is 0 Å². The van der Waals surface area contributed by atoms with Gasteiger partial charge >= 0.3 is 5.97 Å². The number of thiocarbonyl (C=S) groups is 1. The van der Waals surface area contributed by atoms with Crippen LogP contribution in [0.1, 0.15) is 5.56 Å². The van der Waals surface area contributed by atoms with E-state index in [4.69, 9.17) is 26.8 Å². The van der Waals surface area contributed by atoms with E-state index in [0.29, 0.717) is 26.3 Å². The first-order valence-electron chi connectivity index (χ1n) is 7.85. The van der Waals surface area contributed by atoms with Crippen molar-refractivity contribution in [2.24, 2.45) is 0 Å². The maximum Gasteiger partial charge on any atom is 0.341 e. The van der Waals surface area contributed by atoms with Gasteiger partial charge in [-0.05, 0) is 35.9 Å². The molecule has 0 spiro atoms. The SMILES string of the molecule is COc1cc(C=C2SC(=S)N(c3ccccc3)C2=O)ccc1OCC(=O)O. The fourth-order valence-electron chi connectivity index (χ4n) is 2.45. The smallest absolute Gasteiger partial charge is 0.341 e. The van der Waals surface area contributed by atoms with Crippen molar-refractivity contribution in [1.82, 2.24) is 0 Å². The Balaban J connectivity index is 1.85. The van der Waals surface area contributed by atoms with Crippen molar-refractivity contribution in [1.29, 1.82) is 0 Å². The number of benzene rings is 2. The van der Waals surface area contributed by atoms with Gasteiger partial charge in [0.2, 0.25) is 0 Å². The quantitative estimate of drug-likeness (QED) is 0.586. The third kappa shape index (κ3) is 4.29. The van der Waals surface area contributed by atoms with E-state index in [9.17, 15) is 9.59 Å². The molecule has 1 N–H and O–H groups in total. The number of carboxylic acid groups (broad SMARTS) is 1. The summed E-state index contributed by atoms with van der Waals surface area (Å²) in [6, 6.07) is 14.2. The lowest BCUT2D eigenvalue weighted by Gasteiger charge is -2.13. The molecule has 1 amide bonds. The first kappa shape index (κ1) is 18.9. The Morgan fingerprint density at radius 3 is 2.63 bits per heavy atom. The molecule has 0 aliphatic carbocycles. The number of carboxylic acids is 1. The predicted molar refractivity (Wildman–Crippen MR) is 108 cm³/mol. The molecule has 0 radical (unpaired) electrons. The highest BCUT2D eigenvalue weighted by molar-refractivity contribution is 8.27. The number of hydrogen-bond donors (Lipinski definition) is 1. The van der Waals surface area contributed by atoms with Gasteiger partial charge in [-0.1, -0.05) is 48.2 Å². The van der Waals surface area contributed by atoms with Crippen molar-refractivity contribution in [2.75, 3.05) is 18.6 Å². The van der Waals surface area contributed by atoms with Gasteiger partial charge in [0.05, 0.1) is 17.7 Å². The lowest BCUT2D eigenvalue weighted by molar-refractivity contribution is -0.139. The van der Waals surface area contributed by atoms with E-state index in [2.05, 4.69) is 0 Å². The van der Waals surface area contributed by atoms with Crippen LogP contribution in [-0.4, -0.2) is 35.0 Å². The summed E-state index contributed by atoms with van der Waals surface area (Å²) in [5.41, 5.74) is 1.43. The number of rotatable bonds is 6. The van der Waals surface area contributed by atoms with Gasteiger partial charge in [-0.2, -0.15) is 0 Å². The molecular weight excluding hydrogens is 386 g/mol. The van der Waals surface area contributed by atoms with Gasteiger partial charge in [-0.15, -0.1) is 0 Å². The number of amides is 1. The molecule has 0 unspecified atom stereocenters. The van der Waals surface area contributed by atoms with Crippen LogP contribution in [0.25, 0.3) is 6.08 Å². The van der Waals surface area contributed by atoms with Crippen molar-refractivity contribution in [2.45, 2.75) is 0 Å². The number of aliphatic carboxylic acids is 1. The molecule has 1 heterocycles. The van der Waals surface area contributed by atoms with Gasteiger partial charge < -0.3 is 14.6 Å². The third-order valence-corrected chi connectivity index (χ3v) is 4.95. The fraction of sp³-hybridized carbons (Fsp3) is 0.105. The summed E-state index contributed by atoms with van der Waals surface area (Å²) in [6.45, 7) is -0.467. The van der Waals surface area contributed by atoms with Crippen molar-refractivity contribution in [3.05, 3.63) is 59.0 Å². The summed E-state index contributed by atoms with van der Waals surface area (Å²) < 4.78 is 10.9. The second-order valence-electron chi connectivity index (χ2n) is 5.45. The topological polar surface area (TPSA) is 76.1 Å². The highest BCUT2D eigenvalue weighted by atomic mass is 32.2. The van der Waals surface area contributed by atoms with Crippen LogP contribution in [0.3, 0.4) is 0 Å². The van der Waals surface area contributed by atoms with Crippen LogP contribution in [0.2, 0.25) is 0 Å². The third-order valence-electron chi connectivity index (χ3n) is 3.64. The summed E-state index contributed by atoms with van der Waals surface area (Å²) in [6.07, 6.45) is 1.71. The minimum absolute atomic E-state index is 0.193. The molecule has 1 fully saturated rings. The minimum Gasteiger partial charge on any atom is -0.493 e. The zero-order chi connectivity index (χ0) is 19.4. The van der Waals surface area contributed by atoms with E-state index in [-0.39, 0.29) is 5.91 Å². The molecule has 0 atom stereocenters. The first-order chi connectivity index (χ1) is 13.0. The molecule has 2 aromatic rings. The van der Waals surface area contributed by atoms with E-state index in [1.54, 1.807) is 24.3 Å². The van der Waals surface area contributed by atoms with E-state index in [1.807, 2.05) is 30.3 Å². The number of carbonyl (C=O) groups is 2. The number of para-hydroxylation sites is 1. The Hall–Kier alpha value is -2.84. The van der Waals surface area contributed by atoms with Crippen LogP contribution in [0.15, 0.2) is 53.4 Å². The zero-order valence-corrected chi connectivity index (χ0v) is 15.9. The van der Waals surface area contributed by atoms with Crippen LogP contribution in [0, 0.1) is 0 Å². The lowest BCUT2D eigenvalue weighted by Crippen LogP contribution is -2.27. The Morgan fingerprint density at radius 1 is 1.22 bits per heavy atom. The number of nitrogens with zero attached hydrogens (tertiary/aromatic N) is 1. The van der Waals surface area contributed by atoms with Crippen molar-refractivity contribution < 1.29 is 24.2 Å². The highest BCUT2D eigenvalue weighted by Crippen LogP contribution is 2.37. The molecule has 8 heteroatoms. The normalized spacial score (nSPS) is 15.3. The molecule has 1 aliphatic heterocycles. The second kappa shape index (κ2) is 8.24. The summed E-state index contributed by atoms with van der Waals surface area (Å²) in [7, 11) is 1.46. The summed E-state index contributed by atoms with van der Waals surface area (Å²) >= 11 is 6.57. The maximum absolute atomic E-state index is 12.7. The van der Waals surface area contributed by atoms with Crippen LogP contribution in [-0.2, 0) is 9.59 Å². The Kier molecular flexibility index (Phi) is 5.78. The average molecular weight is 401 g/mol. The van der Waals surface area contributed by atoms with Crippen LogP contribution >= 0.6 is 24.0 Å². The number of ether oxygens (including phenoxy) is 2. The van der Waals surface area contributed by atoms with Crippen LogP contribution in [0.4, 0.5) is 5.69 Å². The summed E-state index contributed by atoms with van der Waals surface area (Å²) in [5, 5.41) is 8.72. The Bertz CT molecular complexity index is 927. The Labute approximate surface area is 165 Å². The number of anilines is 1. The highest BCUT2D eigenvalue weighted by Gasteiger charge is 2.33. The summed E-state index contributed by atoms with van der Waals surface area (Å²) in [4.78, 5) is 25.4. The molecule has 1 saturated heterocycles. The van der Waals surface area contributed by atoms with Gasteiger partial charge in [0.15, 0.2) is 22.4 Å². The molecule has 6 nitrogen and oxygen atoms in total. The molecule has 2 aromatic carbocycles. The average Bonchev–Trinajstić information content (AvgIpc) is 2.94. The number of carbonyl (C=O) groups excluding carboxylic acids is 1. The zero-order valence-electron chi connectivity index (χ0n) is 14.2. The number of methoxy groups -OCH3 is 1. The van der Waals surface area contributed by atoms with E-state index in [1.165, 1.54) is 23.8 Å². The van der Waals surface area contributed by atoms with Crippen LogP contribution < -0.4 is 14.4 Å². The summed E-state index contributed by atoms with van der Waals surface area (Å²) in [5.74, 6) is -0.579. The first-order valence-corrected chi connectivity index (χ1v) is 9.07. The molecule has 138 valence electrons. The molecular formula is C19H15NO5S2. The van der Waals surface area contributed by atoms with E-state index in [0.717, 1.165) is 5.69 Å². The van der Waals surface area contributed by atoms with Crippen molar-refractivity contribution in [3.8, 4) is 11.5 Å². The Morgan fingerprint density at radius 2 is 1.96 bits per heavy atom. The van der Waals surface area contributed by atoms with E-state index < -0.39 is 12.6 Å². The van der Waals surface area contributed by atoms with Gasteiger partial charge in [0, 0.05) is 0 Å². The van der Waals surface area contributed by atoms with Crippen molar-refractivity contribution >= 4 is 51.9 Å². The minimum atomic E-state index is -1.08. The monoisotopic (exact) mass is 401 g/mol. The van der Waals surface area contributed by atoms with Gasteiger partial charge in [-0.3, -0.25) is 9.69 Å². The van der Waals surface area contributed by atoms with Crippen molar-refractivity contribution in [3.63, 3.8) is 0 Å². The number of thioether (sulfide) groups is 1. The molecule has 0 saturated carbocycles. The molecule has 3 rings (SSSR count). The molecule has 27 heavy (non-hydrogen) atoms. The predicted octanol–water partition coefficient (Wildman–Crippen LogP) is 3.56. The van der Waals surface area contributed by atoms with Gasteiger partial charge in [0.25, 0.3) is 5.91 Å². The lowest BCUT2D eigenvalue weighted by atomic mass is 10.2. The second-order valence-corrected chi connectivity index (χ2v) is 7.12.